The highest BCUT2D eigenvalue weighted by Crippen LogP contribution is 2.21. The van der Waals surface area contributed by atoms with Crippen molar-refractivity contribution in [2.24, 2.45) is 5.73 Å². The fraction of sp³-hybridized carbons (Fsp3) is 0.0909. The molecule has 4 nitrogen and oxygen atoms in total. The summed E-state index contributed by atoms with van der Waals surface area (Å²) in [6.07, 6.45) is 3.19. The van der Waals surface area contributed by atoms with E-state index in [0.29, 0.717) is 5.56 Å². The van der Waals surface area contributed by atoms with Crippen LogP contribution in [0.3, 0.4) is 0 Å². The Labute approximate surface area is 86.4 Å². The molecule has 1 unspecified atom stereocenters. The molecule has 0 fully saturated rings. The number of aromatic nitrogens is 1. The second-order valence-electron chi connectivity index (χ2n) is 3.27. The molecule has 15 heavy (non-hydrogen) atoms. The molecule has 76 valence electrons. The highest BCUT2D eigenvalue weighted by molar-refractivity contribution is 5.89. The summed E-state index contributed by atoms with van der Waals surface area (Å²) >= 11 is 0. The maximum atomic E-state index is 10.8. The van der Waals surface area contributed by atoms with Crippen LogP contribution in [-0.4, -0.2) is 16.1 Å². The average molecular weight is 202 g/mol. The third-order valence-corrected chi connectivity index (χ3v) is 2.30. The quantitative estimate of drug-likeness (QED) is 0.770. The summed E-state index contributed by atoms with van der Waals surface area (Å²) in [5.74, 6) is -1.05. The van der Waals surface area contributed by atoms with Gasteiger partial charge in [-0.25, -0.2) is 0 Å². The van der Waals surface area contributed by atoms with Gasteiger partial charge < -0.3 is 10.8 Å². The number of fused-ring (bicyclic) bond motifs is 1. The molecule has 2 aromatic rings. The third-order valence-electron chi connectivity index (χ3n) is 2.30. The first-order valence-electron chi connectivity index (χ1n) is 4.51. The SMILES string of the molecule is NC(C(=O)O)c1cncc2ccccc12. The number of hydrogen-bond donors (Lipinski definition) is 2. The molecule has 0 aliphatic heterocycles. The van der Waals surface area contributed by atoms with Gasteiger partial charge in [-0.05, 0) is 5.39 Å². The Balaban J connectivity index is 2.65. The molecule has 1 aromatic heterocycles. The first kappa shape index (κ1) is 9.61. The molecule has 0 radical (unpaired) electrons. The van der Waals surface area contributed by atoms with Crippen molar-refractivity contribution in [2.75, 3.05) is 0 Å². The minimum Gasteiger partial charge on any atom is -0.480 e. The molecule has 0 amide bonds. The van der Waals surface area contributed by atoms with E-state index in [9.17, 15) is 4.79 Å². The Kier molecular flexibility index (Phi) is 2.35. The van der Waals surface area contributed by atoms with E-state index < -0.39 is 12.0 Å². The zero-order chi connectivity index (χ0) is 10.8. The molecule has 0 saturated carbocycles. The van der Waals surface area contributed by atoms with Crippen molar-refractivity contribution >= 4 is 16.7 Å². The summed E-state index contributed by atoms with van der Waals surface area (Å²) in [6, 6.07) is 6.42. The zero-order valence-electron chi connectivity index (χ0n) is 7.92. The molecular formula is C11H10N2O2. The molecule has 0 aliphatic carbocycles. The van der Waals surface area contributed by atoms with Gasteiger partial charge in [0, 0.05) is 23.3 Å². The van der Waals surface area contributed by atoms with Crippen LogP contribution in [0.5, 0.6) is 0 Å². The Morgan fingerprint density at radius 2 is 2.07 bits per heavy atom. The monoisotopic (exact) mass is 202 g/mol. The maximum Gasteiger partial charge on any atom is 0.325 e. The van der Waals surface area contributed by atoms with E-state index in [0.717, 1.165) is 10.8 Å². The van der Waals surface area contributed by atoms with Crippen molar-refractivity contribution in [1.82, 2.24) is 4.98 Å². The molecule has 0 aliphatic rings. The van der Waals surface area contributed by atoms with Gasteiger partial charge in [0.25, 0.3) is 0 Å². The normalized spacial score (nSPS) is 12.6. The van der Waals surface area contributed by atoms with Crippen LogP contribution in [-0.2, 0) is 4.79 Å². The zero-order valence-corrected chi connectivity index (χ0v) is 7.92. The summed E-state index contributed by atoms with van der Waals surface area (Å²) < 4.78 is 0. The molecule has 3 N–H and O–H groups in total. The molecular weight excluding hydrogens is 192 g/mol. The summed E-state index contributed by atoms with van der Waals surface area (Å²) in [6.45, 7) is 0. The number of rotatable bonds is 2. The third kappa shape index (κ3) is 1.67. The van der Waals surface area contributed by atoms with Crippen LogP contribution in [0.4, 0.5) is 0 Å². The van der Waals surface area contributed by atoms with Crippen LogP contribution in [0.15, 0.2) is 36.7 Å². The molecule has 1 atom stereocenters. The number of nitrogens with zero attached hydrogens (tertiary/aromatic N) is 1. The summed E-state index contributed by atoms with van der Waals surface area (Å²) in [5.41, 5.74) is 6.11. The van der Waals surface area contributed by atoms with Gasteiger partial charge >= 0.3 is 5.97 Å². The number of benzene rings is 1. The average Bonchev–Trinajstić information content (AvgIpc) is 2.27. The number of nitrogens with two attached hydrogens (primary N) is 1. The van der Waals surface area contributed by atoms with Gasteiger partial charge in [-0.1, -0.05) is 24.3 Å². The lowest BCUT2D eigenvalue weighted by Gasteiger charge is -2.09. The summed E-state index contributed by atoms with van der Waals surface area (Å²) in [7, 11) is 0. The van der Waals surface area contributed by atoms with Crippen molar-refractivity contribution in [3.63, 3.8) is 0 Å². The fourth-order valence-electron chi connectivity index (χ4n) is 1.52. The lowest BCUT2D eigenvalue weighted by Crippen LogP contribution is -2.21. The lowest BCUT2D eigenvalue weighted by atomic mass is 10.0. The number of carbonyl (C=O) groups is 1. The minimum atomic E-state index is -1.05. The molecule has 0 saturated heterocycles. The number of hydrogen-bond acceptors (Lipinski definition) is 3. The molecule has 2 rings (SSSR count). The van der Waals surface area contributed by atoms with E-state index in [1.807, 2.05) is 24.3 Å². The van der Waals surface area contributed by atoms with Crippen LogP contribution in [0.25, 0.3) is 10.8 Å². The highest BCUT2D eigenvalue weighted by atomic mass is 16.4. The van der Waals surface area contributed by atoms with E-state index in [1.165, 1.54) is 6.20 Å². The lowest BCUT2D eigenvalue weighted by molar-refractivity contribution is -0.138. The van der Waals surface area contributed by atoms with Crippen molar-refractivity contribution in [3.8, 4) is 0 Å². The van der Waals surface area contributed by atoms with Crippen LogP contribution < -0.4 is 5.73 Å². The molecule has 0 bridgehead atoms. The largest absolute Gasteiger partial charge is 0.480 e. The predicted octanol–water partition coefficient (Wildman–Crippen LogP) is 1.32. The summed E-state index contributed by atoms with van der Waals surface area (Å²) in [5, 5.41) is 10.6. The van der Waals surface area contributed by atoms with E-state index in [2.05, 4.69) is 4.98 Å². The Hall–Kier alpha value is -1.94. The van der Waals surface area contributed by atoms with Gasteiger partial charge in [-0.2, -0.15) is 0 Å². The standard InChI is InChI=1S/C11H10N2O2/c12-10(11(14)15)9-6-13-5-7-3-1-2-4-8(7)9/h1-6,10H,12H2,(H,14,15). The van der Waals surface area contributed by atoms with E-state index >= 15 is 0 Å². The summed E-state index contributed by atoms with van der Waals surface area (Å²) in [4.78, 5) is 14.8. The first-order valence-corrected chi connectivity index (χ1v) is 4.51. The molecule has 1 aromatic carbocycles. The fourth-order valence-corrected chi connectivity index (χ4v) is 1.52. The van der Waals surface area contributed by atoms with Crippen molar-refractivity contribution in [2.45, 2.75) is 6.04 Å². The van der Waals surface area contributed by atoms with E-state index in [1.54, 1.807) is 6.20 Å². The smallest absolute Gasteiger partial charge is 0.325 e. The van der Waals surface area contributed by atoms with Crippen molar-refractivity contribution < 1.29 is 9.90 Å². The van der Waals surface area contributed by atoms with Crippen molar-refractivity contribution in [3.05, 3.63) is 42.2 Å². The second kappa shape index (κ2) is 3.67. The molecule has 0 spiro atoms. The number of aliphatic carboxylic acids is 1. The van der Waals surface area contributed by atoms with Crippen LogP contribution in [0, 0.1) is 0 Å². The van der Waals surface area contributed by atoms with Crippen molar-refractivity contribution in [1.29, 1.82) is 0 Å². The van der Waals surface area contributed by atoms with Gasteiger partial charge in [0.05, 0.1) is 0 Å². The van der Waals surface area contributed by atoms with E-state index in [-0.39, 0.29) is 0 Å². The van der Waals surface area contributed by atoms with Gasteiger partial charge in [0.2, 0.25) is 0 Å². The molecule has 1 heterocycles. The Morgan fingerprint density at radius 3 is 2.80 bits per heavy atom. The Bertz CT molecular complexity index is 505. The van der Waals surface area contributed by atoms with Crippen LogP contribution in [0.2, 0.25) is 0 Å². The van der Waals surface area contributed by atoms with E-state index in [4.69, 9.17) is 10.8 Å². The maximum absolute atomic E-state index is 10.8. The van der Waals surface area contributed by atoms with Gasteiger partial charge in [-0.3, -0.25) is 9.78 Å². The predicted molar refractivity (Wildman–Crippen MR) is 56.3 cm³/mol. The number of pyridine rings is 1. The highest BCUT2D eigenvalue weighted by Gasteiger charge is 2.16. The minimum absolute atomic E-state index is 0.542. The second-order valence-corrected chi connectivity index (χ2v) is 3.27. The van der Waals surface area contributed by atoms with Gasteiger partial charge in [0.1, 0.15) is 6.04 Å². The Morgan fingerprint density at radius 1 is 1.33 bits per heavy atom. The first-order chi connectivity index (χ1) is 7.20. The van der Waals surface area contributed by atoms with Gasteiger partial charge in [0.15, 0.2) is 0 Å². The van der Waals surface area contributed by atoms with Gasteiger partial charge in [-0.15, -0.1) is 0 Å². The molecule has 4 heteroatoms. The topological polar surface area (TPSA) is 76.2 Å². The van der Waals surface area contributed by atoms with Crippen LogP contribution in [0.1, 0.15) is 11.6 Å². The number of carboxylic acid groups (broad SMARTS) is 1. The number of carboxylic acids is 1. The van der Waals surface area contributed by atoms with Crippen LogP contribution >= 0.6 is 0 Å².